The number of aromatic nitrogens is 2. The van der Waals surface area contributed by atoms with Crippen LogP contribution in [-0.2, 0) is 9.53 Å². The van der Waals surface area contributed by atoms with Crippen molar-refractivity contribution in [1.29, 1.82) is 0 Å². The molecule has 7 heteroatoms. The molecule has 0 N–H and O–H groups in total. The fourth-order valence-electron chi connectivity index (χ4n) is 1.55. The Bertz CT molecular complexity index is 600. The summed E-state index contributed by atoms with van der Waals surface area (Å²) in [5.74, 6) is 0.655. The first kappa shape index (κ1) is 14.4. The largest absolute Gasteiger partial charge is 0.496 e. The monoisotopic (exact) mass is 294 g/mol. The van der Waals surface area contributed by atoms with Crippen molar-refractivity contribution in [2.24, 2.45) is 0 Å². The van der Waals surface area contributed by atoms with Gasteiger partial charge in [-0.05, 0) is 19.1 Å². The van der Waals surface area contributed by atoms with E-state index >= 15 is 0 Å². The van der Waals surface area contributed by atoms with Crippen LogP contribution in [0.15, 0.2) is 33.9 Å². The molecular weight excluding hydrogens is 280 g/mol. The maximum atomic E-state index is 11.3. The van der Waals surface area contributed by atoms with E-state index in [0.717, 1.165) is 11.8 Å². The first-order chi connectivity index (χ1) is 9.65. The summed E-state index contributed by atoms with van der Waals surface area (Å²) in [5.41, 5.74) is 0.708. The van der Waals surface area contributed by atoms with Crippen molar-refractivity contribution in [3.8, 4) is 17.2 Å². The molecule has 0 aliphatic heterocycles. The predicted molar refractivity (Wildman–Crippen MR) is 73.6 cm³/mol. The molecule has 0 amide bonds. The summed E-state index contributed by atoms with van der Waals surface area (Å²) in [6.45, 7) is 1.71. The summed E-state index contributed by atoms with van der Waals surface area (Å²) in [6.07, 6.45) is 0. The van der Waals surface area contributed by atoms with Gasteiger partial charge in [-0.2, -0.15) is 0 Å². The van der Waals surface area contributed by atoms with Crippen molar-refractivity contribution in [3.63, 3.8) is 0 Å². The van der Waals surface area contributed by atoms with Crippen molar-refractivity contribution in [3.05, 3.63) is 24.3 Å². The van der Waals surface area contributed by atoms with Gasteiger partial charge in [0.1, 0.15) is 11.0 Å². The lowest BCUT2D eigenvalue weighted by atomic mass is 10.2. The number of para-hydroxylation sites is 1. The number of hydrogen-bond donors (Lipinski definition) is 0. The van der Waals surface area contributed by atoms with E-state index in [0.29, 0.717) is 22.4 Å². The Kier molecular flexibility index (Phi) is 4.62. The standard InChI is InChI=1S/C13H14N2O4S/c1-8(12(16)18-3)20-13-15-14-11(19-13)9-6-4-5-7-10(9)17-2/h4-8H,1-3H3/t8-/m1/s1. The SMILES string of the molecule is COC(=O)[C@@H](C)Sc1nnc(-c2ccccc2OC)o1. The highest BCUT2D eigenvalue weighted by atomic mass is 32.2. The van der Waals surface area contributed by atoms with E-state index in [1.54, 1.807) is 14.0 Å². The number of esters is 1. The van der Waals surface area contributed by atoms with Gasteiger partial charge in [-0.25, -0.2) is 0 Å². The van der Waals surface area contributed by atoms with Gasteiger partial charge in [-0.1, -0.05) is 23.9 Å². The number of ether oxygens (including phenoxy) is 2. The van der Waals surface area contributed by atoms with Gasteiger partial charge in [0.2, 0.25) is 0 Å². The molecule has 0 radical (unpaired) electrons. The Hall–Kier alpha value is -2.02. The summed E-state index contributed by atoms with van der Waals surface area (Å²) >= 11 is 1.15. The molecule has 0 spiro atoms. The van der Waals surface area contributed by atoms with E-state index in [1.165, 1.54) is 7.11 Å². The van der Waals surface area contributed by atoms with Crippen molar-refractivity contribution in [2.75, 3.05) is 14.2 Å². The summed E-state index contributed by atoms with van der Waals surface area (Å²) in [5, 5.41) is 7.77. The zero-order valence-electron chi connectivity index (χ0n) is 11.3. The van der Waals surface area contributed by atoms with Crippen LogP contribution < -0.4 is 4.74 Å². The normalized spacial score (nSPS) is 11.9. The average Bonchev–Trinajstić information content (AvgIpc) is 2.94. The van der Waals surface area contributed by atoms with Crippen LogP contribution in [0, 0.1) is 0 Å². The smallest absolute Gasteiger partial charge is 0.319 e. The molecule has 1 heterocycles. The molecule has 0 unspecified atom stereocenters. The Morgan fingerprint density at radius 1 is 1.30 bits per heavy atom. The van der Waals surface area contributed by atoms with Gasteiger partial charge in [0, 0.05) is 0 Å². The van der Waals surface area contributed by atoms with Gasteiger partial charge in [0.15, 0.2) is 0 Å². The summed E-state index contributed by atoms with van der Waals surface area (Å²) in [7, 11) is 2.91. The number of carbonyl (C=O) groups excluding carboxylic acids is 1. The van der Waals surface area contributed by atoms with E-state index in [9.17, 15) is 4.79 Å². The Labute approximate surface area is 120 Å². The Morgan fingerprint density at radius 3 is 2.75 bits per heavy atom. The van der Waals surface area contributed by atoms with Gasteiger partial charge in [-0.15, -0.1) is 10.2 Å². The summed E-state index contributed by atoms with van der Waals surface area (Å²) < 4.78 is 15.4. The highest BCUT2D eigenvalue weighted by Crippen LogP contribution is 2.31. The van der Waals surface area contributed by atoms with Crippen LogP contribution in [0.3, 0.4) is 0 Å². The number of hydrogen-bond acceptors (Lipinski definition) is 7. The second kappa shape index (κ2) is 6.42. The Balaban J connectivity index is 2.19. The van der Waals surface area contributed by atoms with E-state index in [-0.39, 0.29) is 5.97 Å². The molecule has 2 aromatic rings. The van der Waals surface area contributed by atoms with Crippen LogP contribution in [0.1, 0.15) is 6.92 Å². The molecule has 0 saturated heterocycles. The molecule has 2 rings (SSSR count). The van der Waals surface area contributed by atoms with Crippen molar-refractivity contribution in [1.82, 2.24) is 10.2 Å². The van der Waals surface area contributed by atoms with Gasteiger partial charge in [-0.3, -0.25) is 4.79 Å². The number of benzene rings is 1. The molecule has 0 fully saturated rings. The van der Waals surface area contributed by atoms with Crippen LogP contribution in [0.25, 0.3) is 11.5 Å². The van der Waals surface area contributed by atoms with Gasteiger partial charge >= 0.3 is 5.97 Å². The topological polar surface area (TPSA) is 74.5 Å². The lowest BCUT2D eigenvalue weighted by molar-refractivity contribution is -0.139. The summed E-state index contributed by atoms with van der Waals surface area (Å²) in [4.78, 5) is 11.3. The zero-order chi connectivity index (χ0) is 14.5. The molecule has 1 atom stereocenters. The van der Waals surface area contributed by atoms with Crippen LogP contribution >= 0.6 is 11.8 Å². The lowest BCUT2D eigenvalue weighted by Crippen LogP contribution is -2.14. The summed E-state index contributed by atoms with van der Waals surface area (Å²) in [6, 6.07) is 7.34. The third-order valence-electron chi connectivity index (χ3n) is 2.55. The maximum Gasteiger partial charge on any atom is 0.319 e. The molecule has 6 nitrogen and oxygen atoms in total. The van der Waals surface area contributed by atoms with Crippen LogP contribution in [0.4, 0.5) is 0 Å². The minimum atomic E-state index is -0.411. The molecule has 106 valence electrons. The van der Waals surface area contributed by atoms with E-state index in [2.05, 4.69) is 14.9 Å². The minimum Gasteiger partial charge on any atom is -0.496 e. The average molecular weight is 294 g/mol. The van der Waals surface area contributed by atoms with Gasteiger partial charge < -0.3 is 13.9 Å². The Morgan fingerprint density at radius 2 is 2.05 bits per heavy atom. The van der Waals surface area contributed by atoms with E-state index in [1.807, 2.05) is 24.3 Å². The number of thioether (sulfide) groups is 1. The third-order valence-corrected chi connectivity index (χ3v) is 3.47. The minimum absolute atomic E-state index is 0.309. The van der Waals surface area contributed by atoms with Crippen molar-refractivity contribution in [2.45, 2.75) is 17.4 Å². The van der Waals surface area contributed by atoms with Crippen molar-refractivity contribution < 1.29 is 18.7 Å². The second-order valence-electron chi connectivity index (χ2n) is 3.86. The van der Waals surface area contributed by atoms with Crippen molar-refractivity contribution >= 4 is 17.7 Å². The van der Waals surface area contributed by atoms with E-state index in [4.69, 9.17) is 9.15 Å². The van der Waals surface area contributed by atoms with Crippen LogP contribution in [0.2, 0.25) is 0 Å². The number of rotatable bonds is 5. The fraction of sp³-hybridized carbons (Fsp3) is 0.308. The second-order valence-corrected chi connectivity index (χ2v) is 5.15. The van der Waals surface area contributed by atoms with Gasteiger partial charge in [0.25, 0.3) is 11.1 Å². The third kappa shape index (κ3) is 3.11. The molecule has 1 aromatic heterocycles. The van der Waals surface area contributed by atoms with Crippen LogP contribution in [-0.4, -0.2) is 35.6 Å². The number of carbonyl (C=O) groups is 1. The number of methoxy groups -OCH3 is 2. The van der Waals surface area contributed by atoms with Crippen LogP contribution in [0.5, 0.6) is 5.75 Å². The molecule has 0 bridgehead atoms. The molecule has 0 saturated carbocycles. The van der Waals surface area contributed by atoms with Gasteiger partial charge in [0.05, 0.1) is 19.8 Å². The van der Waals surface area contributed by atoms with E-state index < -0.39 is 5.25 Å². The first-order valence-corrected chi connectivity index (χ1v) is 6.75. The number of nitrogens with zero attached hydrogens (tertiary/aromatic N) is 2. The molecule has 1 aromatic carbocycles. The molecule has 20 heavy (non-hydrogen) atoms. The highest BCUT2D eigenvalue weighted by molar-refractivity contribution is 8.00. The first-order valence-electron chi connectivity index (χ1n) is 5.87. The lowest BCUT2D eigenvalue weighted by Gasteiger charge is -2.05. The molecule has 0 aliphatic carbocycles. The predicted octanol–water partition coefficient (Wildman–Crippen LogP) is 2.40. The zero-order valence-corrected chi connectivity index (χ0v) is 12.1. The maximum absolute atomic E-state index is 11.3. The fourth-order valence-corrected chi connectivity index (χ4v) is 2.26. The molecule has 0 aliphatic rings. The highest BCUT2D eigenvalue weighted by Gasteiger charge is 2.19. The quantitative estimate of drug-likeness (QED) is 0.619. The molecular formula is C13H14N2O4S.